The van der Waals surface area contributed by atoms with Crippen LogP contribution < -0.4 is 4.90 Å². The van der Waals surface area contributed by atoms with Gasteiger partial charge in [0.1, 0.15) is 18.0 Å². The Morgan fingerprint density at radius 1 is 1.50 bits per heavy atom. The zero-order chi connectivity index (χ0) is 15.3. The first-order valence-corrected chi connectivity index (χ1v) is 5.51. The molecule has 0 aliphatic heterocycles. The summed E-state index contributed by atoms with van der Waals surface area (Å²) in [6, 6.07) is 2.12. The minimum absolute atomic E-state index is 0.0125. The van der Waals surface area contributed by atoms with Gasteiger partial charge in [-0.15, -0.1) is 0 Å². The first-order valence-electron chi connectivity index (χ1n) is 5.51. The van der Waals surface area contributed by atoms with Gasteiger partial charge in [0.05, 0.1) is 17.6 Å². The van der Waals surface area contributed by atoms with E-state index in [9.17, 15) is 28.1 Å². The number of nitro groups is 1. The molecule has 0 aliphatic rings. The molecule has 0 atom stereocenters. The zero-order valence-corrected chi connectivity index (χ0v) is 10.4. The number of carbonyl (C=O) groups is 1. The van der Waals surface area contributed by atoms with Crippen LogP contribution in [0.15, 0.2) is 18.2 Å². The summed E-state index contributed by atoms with van der Waals surface area (Å²) >= 11 is 0. The first kappa shape index (κ1) is 15.7. The maximum absolute atomic E-state index is 13.0. The third-order valence-electron chi connectivity index (χ3n) is 2.28. The van der Waals surface area contributed by atoms with E-state index in [1.807, 2.05) is 0 Å². The van der Waals surface area contributed by atoms with Gasteiger partial charge in [0.25, 0.3) is 5.69 Å². The number of ether oxygens (including phenoxy) is 1. The van der Waals surface area contributed by atoms with Crippen molar-refractivity contribution < 1.29 is 27.6 Å². The van der Waals surface area contributed by atoms with Crippen LogP contribution >= 0.6 is 0 Å². The Kier molecular flexibility index (Phi) is 5.30. The molecule has 0 aliphatic carbocycles. The molecule has 0 heterocycles. The van der Waals surface area contributed by atoms with Gasteiger partial charge in [-0.05, 0) is 19.1 Å². The van der Waals surface area contributed by atoms with Crippen LogP contribution in [0, 0.1) is 15.9 Å². The summed E-state index contributed by atoms with van der Waals surface area (Å²) in [5.41, 5.74) is -1.41. The molecule has 0 radical (unpaired) electrons. The van der Waals surface area contributed by atoms with Gasteiger partial charge in [0.15, 0.2) is 0 Å². The van der Waals surface area contributed by atoms with Gasteiger partial charge in [-0.2, -0.15) is 8.78 Å². The quantitative estimate of drug-likeness (QED) is 0.348. The van der Waals surface area contributed by atoms with E-state index < -0.39 is 41.2 Å². The molecule has 1 rings (SSSR count). The van der Waals surface area contributed by atoms with Gasteiger partial charge in [0.2, 0.25) is 0 Å². The summed E-state index contributed by atoms with van der Waals surface area (Å²) < 4.78 is 43.3. The summed E-state index contributed by atoms with van der Waals surface area (Å²) in [7, 11) is 0. The second-order valence-corrected chi connectivity index (χ2v) is 3.60. The lowest BCUT2D eigenvalue weighted by atomic mass is 10.2. The van der Waals surface area contributed by atoms with Crippen molar-refractivity contribution in [2.45, 2.75) is 13.5 Å². The number of rotatable bonds is 6. The molecular weight excluding hydrogens is 281 g/mol. The van der Waals surface area contributed by atoms with Gasteiger partial charge in [-0.3, -0.25) is 19.8 Å². The van der Waals surface area contributed by atoms with Crippen LogP contribution in [0.2, 0.25) is 0 Å². The van der Waals surface area contributed by atoms with E-state index in [2.05, 4.69) is 4.74 Å². The van der Waals surface area contributed by atoms with Gasteiger partial charge in [0, 0.05) is 0 Å². The number of benzene rings is 1. The molecule has 0 saturated carbocycles. The van der Waals surface area contributed by atoms with Gasteiger partial charge < -0.3 is 4.74 Å². The molecule has 0 unspecified atom stereocenters. The number of hydrogen-bond acceptors (Lipinski definition) is 5. The lowest BCUT2D eigenvalue weighted by molar-refractivity contribution is -0.384. The highest BCUT2D eigenvalue weighted by atomic mass is 19.3. The lowest BCUT2D eigenvalue weighted by Gasteiger charge is -2.22. The van der Waals surface area contributed by atoms with Crippen molar-refractivity contribution in [2.24, 2.45) is 0 Å². The van der Waals surface area contributed by atoms with Crippen LogP contribution in [0.4, 0.5) is 24.5 Å². The first-order chi connectivity index (χ1) is 9.36. The molecule has 0 saturated heterocycles. The van der Waals surface area contributed by atoms with E-state index in [-0.39, 0.29) is 11.5 Å². The third kappa shape index (κ3) is 3.84. The molecule has 9 heteroatoms. The molecule has 1 aromatic rings. The van der Waals surface area contributed by atoms with E-state index in [0.29, 0.717) is 6.07 Å². The predicted molar refractivity (Wildman–Crippen MR) is 63.0 cm³/mol. The fourth-order valence-corrected chi connectivity index (χ4v) is 1.49. The molecule has 6 nitrogen and oxygen atoms in total. The highest BCUT2D eigenvalue weighted by Crippen LogP contribution is 2.30. The number of nitrogens with zero attached hydrogens (tertiary/aromatic N) is 2. The molecule has 0 fully saturated rings. The number of carbonyl (C=O) groups excluding carboxylic acids is 1. The predicted octanol–water partition coefficient (Wildman–Crippen LogP) is 2.33. The average Bonchev–Trinajstić information content (AvgIpc) is 2.36. The van der Waals surface area contributed by atoms with E-state index >= 15 is 0 Å². The zero-order valence-electron chi connectivity index (χ0n) is 10.4. The van der Waals surface area contributed by atoms with Gasteiger partial charge in [-0.25, -0.2) is 4.39 Å². The molecule has 110 valence electrons. The minimum atomic E-state index is -3.18. The summed E-state index contributed by atoms with van der Waals surface area (Å²) in [5, 5.41) is 10.8. The molecule has 0 spiro atoms. The highest BCUT2D eigenvalue weighted by molar-refractivity contribution is 5.77. The highest BCUT2D eigenvalue weighted by Gasteiger charge is 2.28. The second kappa shape index (κ2) is 6.73. The molecule has 0 bridgehead atoms. The maximum Gasteiger partial charge on any atom is 0.325 e. The molecule has 0 aromatic heterocycles. The summed E-state index contributed by atoms with van der Waals surface area (Å²) in [6.07, 6.45) is 0. The number of nitro benzene ring substituents is 1. The van der Waals surface area contributed by atoms with Gasteiger partial charge >= 0.3 is 12.5 Å². The SMILES string of the molecule is CCOC(=O)CN(c1ccc(F)cc1[N+](=O)[O-])C(F)F. The smallest absolute Gasteiger partial charge is 0.325 e. The fraction of sp³-hybridized carbons (Fsp3) is 0.364. The van der Waals surface area contributed by atoms with Crippen LogP contribution in [-0.4, -0.2) is 30.6 Å². The van der Waals surface area contributed by atoms with Gasteiger partial charge in [-0.1, -0.05) is 0 Å². The Balaban J connectivity index is 3.15. The molecule has 20 heavy (non-hydrogen) atoms. The summed E-state index contributed by atoms with van der Waals surface area (Å²) in [5.74, 6) is -1.91. The van der Waals surface area contributed by atoms with E-state index in [0.717, 1.165) is 12.1 Å². The molecule has 0 amide bonds. The monoisotopic (exact) mass is 292 g/mol. The fourth-order valence-electron chi connectivity index (χ4n) is 1.49. The molecule has 0 N–H and O–H groups in total. The van der Waals surface area contributed by atoms with Crippen LogP contribution in [0.25, 0.3) is 0 Å². The molecule has 1 aromatic carbocycles. The van der Waals surface area contributed by atoms with Crippen molar-refractivity contribution >= 4 is 17.3 Å². The lowest BCUT2D eigenvalue weighted by Crippen LogP contribution is -2.35. The van der Waals surface area contributed by atoms with Crippen molar-refractivity contribution in [1.29, 1.82) is 0 Å². The Bertz CT molecular complexity index is 510. The van der Waals surface area contributed by atoms with Crippen molar-refractivity contribution in [3.05, 3.63) is 34.1 Å². The van der Waals surface area contributed by atoms with Crippen LogP contribution in [-0.2, 0) is 9.53 Å². The maximum atomic E-state index is 13.0. The second-order valence-electron chi connectivity index (χ2n) is 3.60. The largest absolute Gasteiger partial charge is 0.465 e. The number of alkyl halides is 2. The Morgan fingerprint density at radius 3 is 2.65 bits per heavy atom. The number of anilines is 1. The van der Waals surface area contributed by atoms with Crippen molar-refractivity contribution in [3.8, 4) is 0 Å². The topological polar surface area (TPSA) is 72.7 Å². The molecular formula is C11H11F3N2O4. The minimum Gasteiger partial charge on any atom is -0.465 e. The Hall–Kier alpha value is -2.32. The Labute approximate surface area is 111 Å². The standard InChI is InChI=1S/C11H11F3N2O4/c1-2-20-10(17)6-15(11(13)14)8-4-3-7(12)5-9(8)16(18)19/h3-5,11H,2,6H2,1H3. The Morgan fingerprint density at radius 2 is 2.15 bits per heavy atom. The van der Waals surface area contributed by atoms with Crippen molar-refractivity contribution in [2.75, 3.05) is 18.1 Å². The summed E-state index contributed by atoms with van der Waals surface area (Å²) in [4.78, 5) is 21.2. The number of esters is 1. The van der Waals surface area contributed by atoms with E-state index in [4.69, 9.17) is 0 Å². The van der Waals surface area contributed by atoms with Crippen LogP contribution in [0.3, 0.4) is 0 Å². The van der Waals surface area contributed by atoms with Crippen molar-refractivity contribution in [1.82, 2.24) is 0 Å². The van der Waals surface area contributed by atoms with Crippen molar-refractivity contribution in [3.63, 3.8) is 0 Å². The van der Waals surface area contributed by atoms with E-state index in [1.165, 1.54) is 6.92 Å². The van der Waals surface area contributed by atoms with Crippen LogP contribution in [0.1, 0.15) is 6.92 Å². The van der Waals surface area contributed by atoms with E-state index in [1.54, 1.807) is 0 Å². The van der Waals surface area contributed by atoms with Crippen LogP contribution in [0.5, 0.6) is 0 Å². The normalized spacial score (nSPS) is 10.4. The summed E-state index contributed by atoms with van der Waals surface area (Å²) in [6.45, 7) is -2.58. The number of halogens is 3. The third-order valence-corrected chi connectivity index (χ3v) is 2.28. The average molecular weight is 292 g/mol. The number of hydrogen-bond donors (Lipinski definition) is 0.